The largest absolute Gasteiger partial charge is 0.265 e. The zero-order valence-electron chi connectivity index (χ0n) is 7.09. The topological polar surface area (TPSA) is 36.7 Å². The van der Waals surface area contributed by atoms with Crippen LogP contribution >= 0.6 is 0 Å². The van der Waals surface area contributed by atoms with Gasteiger partial charge in [-0.05, 0) is 18.6 Å². The van der Waals surface area contributed by atoms with Crippen LogP contribution in [0.25, 0.3) is 0 Å². The zero-order valence-corrected chi connectivity index (χ0v) is 7.09. The maximum Gasteiger partial charge on any atom is 0.265 e. The summed E-state index contributed by atoms with van der Waals surface area (Å²) in [7, 11) is 0. The molecule has 0 aliphatic carbocycles. The van der Waals surface area contributed by atoms with Crippen molar-refractivity contribution in [2.45, 2.75) is 19.8 Å². The number of halogens is 2. The Labute approximate surface area is 74.8 Å². The van der Waals surface area contributed by atoms with E-state index >= 15 is 0 Å². The summed E-state index contributed by atoms with van der Waals surface area (Å²) in [5.74, 6) is 0. The molecule has 0 N–H and O–H groups in total. The average Bonchev–Trinajstić information content (AvgIpc) is 2.08. The van der Waals surface area contributed by atoms with Crippen LogP contribution in [-0.2, 0) is 6.42 Å². The molecule has 0 amide bonds. The fourth-order valence-corrected chi connectivity index (χ4v) is 1.00. The van der Waals surface area contributed by atoms with Gasteiger partial charge < -0.3 is 0 Å². The van der Waals surface area contributed by atoms with Crippen molar-refractivity contribution >= 4 is 0 Å². The lowest BCUT2D eigenvalue weighted by atomic mass is 10.1. The summed E-state index contributed by atoms with van der Waals surface area (Å²) in [6.07, 6.45) is -0.955. The molecule has 0 saturated heterocycles. The number of nitrogens with zero attached hydrogens (tertiary/aromatic N) is 2. The van der Waals surface area contributed by atoms with Crippen LogP contribution < -0.4 is 0 Å². The molecule has 2 nitrogen and oxygen atoms in total. The molecule has 0 fully saturated rings. The molecular weight excluding hydrogens is 174 g/mol. The molecule has 0 aliphatic rings. The molecule has 1 aromatic rings. The van der Waals surface area contributed by atoms with Gasteiger partial charge in [-0.2, -0.15) is 5.26 Å². The summed E-state index contributed by atoms with van der Waals surface area (Å²) in [6, 6.07) is 3.21. The number of alkyl halides is 2. The van der Waals surface area contributed by atoms with Crippen LogP contribution in [0.1, 0.15) is 23.2 Å². The average molecular weight is 182 g/mol. The summed E-state index contributed by atoms with van der Waals surface area (Å²) in [5, 5.41) is 8.35. The first kappa shape index (κ1) is 9.59. The lowest BCUT2D eigenvalue weighted by Gasteiger charge is -2.04. The van der Waals surface area contributed by atoms with Gasteiger partial charge in [-0.25, -0.2) is 8.78 Å². The normalized spacial score (nSPS) is 10.1. The molecular formula is C9H8F2N2. The maximum absolute atomic E-state index is 12.3. The van der Waals surface area contributed by atoms with Crippen LogP contribution in [0.5, 0.6) is 0 Å². The third kappa shape index (κ3) is 2.22. The highest BCUT2D eigenvalue weighted by Gasteiger charge is 2.11. The van der Waals surface area contributed by atoms with Gasteiger partial charge in [0.2, 0.25) is 0 Å². The van der Waals surface area contributed by atoms with Gasteiger partial charge in [0.15, 0.2) is 0 Å². The highest BCUT2D eigenvalue weighted by Crippen LogP contribution is 2.21. The van der Waals surface area contributed by atoms with Crippen LogP contribution in [0.4, 0.5) is 8.78 Å². The Morgan fingerprint density at radius 3 is 2.85 bits per heavy atom. The molecule has 0 aliphatic heterocycles. The minimum atomic E-state index is -2.52. The van der Waals surface area contributed by atoms with Crippen molar-refractivity contribution in [2.75, 3.05) is 0 Å². The molecule has 68 valence electrons. The summed E-state index contributed by atoms with van der Waals surface area (Å²) in [6.45, 7) is 1.53. The zero-order chi connectivity index (χ0) is 9.84. The van der Waals surface area contributed by atoms with Gasteiger partial charge in [-0.15, -0.1) is 0 Å². The van der Waals surface area contributed by atoms with Crippen LogP contribution in [-0.4, -0.2) is 4.98 Å². The first-order valence-corrected chi connectivity index (χ1v) is 3.75. The molecule has 1 heterocycles. The molecule has 4 heteroatoms. The van der Waals surface area contributed by atoms with E-state index in [0.29, 0.717) is 11.3 Å². The van der Waals surface area contributed by atoms with Crippen molar-refractivity contribution in [3.05, 3.63) is 29.1 Å². The number of aromatic nitrogens is 1. The number of nitriles is 1. The molecule has 0 spiro atoms. The van der Waals surface area contributed by atoms with E-state index in [1.165, 1.54) is 19.2 Å². The molecule has 0 bridgehead atoms. The molecule has 0 radical (unpaired) electrons. The summed E-state index contributed by atoms with van der Waals surface area (Å²) >= 11 is 0. The van der Waals surface area contributed by atoms with E-state index < -0.39 is 6.43 Å². The molecule has 13 heavy (non-hydrogen) atoms. The number of rotatable bonds is 2. The lowest BCUT2D eigenvalue weighted by Crippen LogP contribution is -1.95. The quantitative estimate of drug-likeness (QED) is 0.704. The van der Waals surface area contributed by atoms with Crippen LogP contribution in [0, 0.1) is 18.3 Å². The predicted molar refractivity (Wildman–Crippen MR) is 43.2 cm³/mol. The first-order chi connectivity index (χ1) is 6.15. The molecule has 0 saturated carbocycles. The van der Waals surface area contributed by atoms with Crippen molar-refractivity contribution in [2.24, 2.45) is 0 Å². The third-order valence-corrected chi connectivity index (χ3v) is 1.70. The van der Waals surface area contributed by atoms with E-state index in [1.54, 1.807) is 0 Å². The van der Waals surface area contributed by atoms with Crippen molar-refractivity contribution in [3.63, 3.8) is 0 Å². The SMILES string of the molecule is Cc1ncc(CC#N)cc1C(F)F. The van der Waals surface area contributed by atoms with Crippen molar-refractivity contribution in [1.82, 2.24) is 4.98 Å². The summed E-state index contributed by atoms with van der Waals surface area (Å²) in [5.41, 5.74) is 0.757. The second kappa shape index (κ2) is 3.94. The predicted octanol–water partition coefficient (Wildman–Crippen LogP) is 2.39. The minimum Gasteiger partial charge on any atom is -0.261 e. The second-order valence-electron chi connectivity index (χ2n) is 2.65. The van der Waals surface area contributed by atoms with Crippen LogP contribution in [0.3, 0.4) is 0 Å². The summed E-state index contributed by atoms with van der Waals surface area (Å²) in [4.78, 5) is 3.79. The van der Waals surface area contributed by atoms with Gasteiger partial charge >= 0.3 is 0 Å². The minimum absolute atomic E-state index is 0.0900. The Bertz CT molecular complexity index is 342. The van der Waals surface area contributed by atoms with E-state index in [0.717, 1.165) is 0 Å². The number of pyridine rings is 1. The molecule has 0 aromatic carbocycles. The van der Waals surface area contributed by atoms with E-state index in [2.05, 4.69) is 4.98 Å². The number of aryl methyl sites for hydroxylation is 1. The van der Waals surface area contributed by atoms with Crippen LogP contribution in [0.2, 0.25) is 0 Å². The molecule has 0 unspecified atom stereocenters. The van der Waals surface area contributed by atoms with Crippen molar-refractivity contribution in [3.8, 4) is 6.07 Å². The first-order valence-electron chi connectivity index (χ1n) is 3.75. The Kier molecular flexibility index (Phi) is 2.91. The molecule has 1 aromatic heterocycles. The lowest BCUT2D eigenvalue weighted by molar-refractivity contribution is 0.150. The fraction of sp³-hybridized carbons (Fsp3) is 0.333. The highest BCUT2D eigenvalue weighted by molar-refractivity contribution is 5.27. The Morgan fingerprint density at radius 1 is 1.62 bits per heavy atom. The monoisotopic (exact) mass is 182 g/mol. The molecule has 1 rings (SSSR count). The summed E-state index contributed by atoms with van der Waals surface area (Å²) < 4.78 is 24.7. The number of hydrogen-bond donors (Lipinski definition) is 0. The smallest absolute Gasteiger partial charge is 0.261 e. The Hall–Kier alpha value is -1.50. The second-order valence-corrected chi connectivity index (χ2v) is 2.65. The highest BCUT2D eigenvalue weighted by atomic mass is 19.3. The number of hydrogen-bond acceptors (Lipinski definition) is 2. The van der Waals surface area contributed by atoms with E-state index in [4.69, 9.17) is 5.26 Å². The van der Waals surface area contributed by atoms with E-state index in [-0.39, 0.29) is 12.0 Å². The molecule has 0 atom stereocenters. The Morgan fingerprint density at radius 2 is 2.31 bits per heavy atom. The van der Waals surface area contributed by atoms with E-state index in [9.17, 15) is 8.78 Å². The van der Waals surface area contributed by atoms with Gasteiger partial charge in [0.05, 0.1) is 12.5 Å². The van der Waals surface area contributed by atoms with Crippen LogP contribution in [0.15, 0.2) is 12.3 Å². The van der Waals surface area contributed by atoms with Gasteiger partial charge in [0.1, 0.15) is 0 Å². The van der Waals surface area contributed by atoms with Gasteiger partial charge in [-0.1, -0.05) is 0 Å². The van der Waals surface area contributed by atoms with Crippen molar-refractivity contribution < 1.29 is 8.78 Å². The van der Waals surface area contributed by atoms with Gasteiger partial charge in [0, 0.05) is 17.5 Å². The van der Waals surface area contributed by atoms with Gasteiger partial charge in [0.25, 0.3) is 6.43 Å². The fourth-order valence-electron chi connectivity index (χ4n) is 1.00. The Balaban J connectivity index is 3.05. The standard InChI is InChI=1S/C9H8F2N2/c1-6-8(9(10)11)4-7(2-3-12)5-13-6/h4-5,9H,2H2,1H3. The van der Waals surface area contributed by atoms with Gasteiger partial charge in [-0.3, -0.25) is 4.98 Å². The maximum atomic E-state index is 12.3. The van der Waals surface area contributed by atoms with E-state index in [1.807, 2.05) is 6.07 Å². The van der Waals surface area contributed by atoms with Crippen molar-refractivity contribution in [1.29, 1.82) is 5.26 Å². The third-order valence-electron chi connectivity index (χ3n) is 1.70.